The second-order valence-electron chi connectivity index (χ2n) is 11.3. The topological polar surface area (TPSA) is 88.1 Å². The van der Waals surface area contributed by atoms with Crippen LogP contribution in [-0.2, 0) is 33.0 Å². The van der Waals surface area contributed by atoms with Crippen LogP contribution in [0.25, 0.3) is 0 Å². The molecule has 0 saturated carbocycles. The average Bonchev–Trinajstić information content (AvgIpc) is 2.96. The molecule has 0 spiro atoms. The zero-order chi connectivity index (χ0) is 30.6. The monoisotopic (exact) mass is 590 g/mol. The number of rotatable bonds is 14. The Bertz CT molecular complexity index is 1230. The van der Waals surface area contributed by atoms with Crippen molar-refractivity contribution in [1.29, 1.82) is 0 Å². The van der Waals surface area contributed by atoms with Gasteiger partial charge >= 0.3 is 17.9 Å². The molecule has 0 aliphatic carbocycles. The molecular weight excluding hydrogens is 548 g/mol. The lowest BCUT2D eigenvalue weighted by Crippen LogP contribution is -2.67. The second kappa shape index (κ2) is 15.5. The highest BCUT2D eigenvalue weighted by molar-refractivity contribution is 6.99. The van der Waals surface area contributed by atoms with Crippen molar-refractivity contribution >= 4 is 36.6 Å². The Kier molecular flexibility index (Phi) is 12.1. The summed E-state index contributed by atoms with van der Waals surface area (Å²) in [5.41, 5.74) is 0.527. The summed E-state index contributed by atoms with van der Waals surface area (Å²) < 4.78 is 23.6. The molecule has 0 unspecified atom stereocenters. The minimum absolute atomic E-state index is 0.147. The molecule has 3 aromatic carbocycles. The quantitative estimate of drug-likeness (QED) is 0.106. The highest BCUT2D eigenvalue weighted by Gasteiger charge is 2.50. The number of esters is 3. The number of carbonyl (C=O) groups excluding carboxylic acids is 3. The minimum Gasteiger partial charge on any atom is -0.466 e. The maximum absolute atomic E-state index is 13.5. The molecule has 0 aliphatic heterocycles. The molecule has 0 aliphatic rings. The van der Waals surface area contributed by atoms with Gasteiger partial charge in [-0.1, -0.05) is 112 Å². The molecule has 0 aromatic heterocycles. The highest BCUT2D eigenvalue weighted by Crippen LogP contribution is 2.37. The zero-order valence-corrected chi connectivity index (χ0v) is 26.2. The Labute approximate surface area is 250 Å². The molecule has 224 valence electrons. The van der Waals surface area contributed by atoms with E-state index in [1.54, 1.807) is 24.3 Å². The average molecular weight is 591 g/mol. The van der Waals surface area contributed by atoms with Crippen molar-refractivity contribution in [3.63, 3.8) is 0 Å². The van der Waals surface area contributed by atoms with Crippen LogP contribution in [0, 0.1) is 0 Å². The lowest BCUT2D eigenvalue weighted by Gasteiger charge is -2.43. The standard InChI is InChI=1S/C34H42O7Si/c1-26(35)38-24-16-15-19-29(41-33(37)32(40-27(2)36)28-17-9-6-10-18-28)25-39-42(34(3,4)5,30-20-11-7-12-21-30)31-22-13-8-14-23-31/h6-14,17-18,20-23,29,32H,15-16,19,24-25H2,1-5H3/t29-,32-/m0/s1. The molecular formula is C34H42O7Si. The van der Waals surface area contributed by atoms with E-state index in [-0.39, 0.29) is 24.2 Å². The fourth-order valence-corrected chi connectivity index (χ4v) is 9.71. The Morgan fingerprint density at radius 3 is 1.71 bits per heavy atom. The maximum Gasteiger partial charge on any atom is 0.352 e. The van der Waals surface area contributed by atoms with Gasteiger partial charge in [0.1, 0.15) is 6.10 Å². The van der Waals surface area contributed by atoms with Crippen LogP contribution in [0.1, 0.15) is 65.5 Å². The molecule has 3 rings (SSSR count). The van der Waals surface area contributed by atoms with Crippen LogP contribution in [0.5, 0.6) is 0 Å². The van der Waals surface area contributed by atoms with Crippen LogP contribution >= 0.6 is 0 Å². The molecule has 0 bridgehead atoms. The number of benzene rings is 3. The summed E-state index contributed by atoms with van der Waals surface area (Å²) in [5, 5.41) is 1.97. The first-order chi connectivity index (χ1) is 20.0. The molecule has 0 amide bonds. The van der Waals surface area contributed by atoms with E-state index in [4.69, 9.17) is 18.6 Å². The van der Waals surface area contributed by atoms with E-state index in [0.717, 1.165) is 10.4 Å². The summed E-state index contributed by atoms with van der Waals surface area (Å²) in [7, 11) is -2.90. The van der Waals surface area contributed by atoms with Gasteiger partial charge in [-0.3, -0.25) is 9.59 Å². The van der Waals surface area contributed by atoms with Crippen LogP contribution in [0.15, 0.2) is 91.0 Å². The van der Waals surface area contributed by atoms with Gasteiger partial charge in [-0.2, -0.15) is 0 Å². The second-order valence-corrected chi connectivity index (χ2v) is 15.6. The van der Waals surface area contributed by atoms with Gasteiger partial charge < -0.3 is 18.6 Å². The maximum atomic E-state index is 13.5. The molecule has 8 heteroatoms. The SMILES string of the molecule is CC(=O)OCCCC[C@@H](CO[Si](c1ccccc1)(c1ccccc1)C(C)(C)C)OC(=O)[C@@H](OC(C)=O)c1ccccc1. The van der Waals surface area contributed by atoms with E-state index in [0.29, 0.717) is 24.8 Å². The molecule has 0 radical (unpaired) electrons. The van der Waals surface area contributed by atoms with Gasteiger partial charge in [0.15, 0.2) is 0 Å². The minimum atomic E-state index is -2.90. The number of ether oxygens (including phenoxy) is 3. The third-order valence-electron chi connectivity index (χ3n) is 7.01. The lowest BCUT2D eigenvalue weighted by atomic mass is 10.1. The summed E-state index contributed by atoms with van der Waals surface area (Å²) in [6.45, 7) is 9.63. The van der Waals surface area contributed by atoms with Crippen LogP contribution in [0.3, 0.4) is 0 Å². The normalized spacial score (nSPS) is 13.1. The van der Waals surface area contributed by atoms with E-state index in [1.807, 2.05) is 42.5 Å². The number of unbranched alkanes of at least 4 members (excludes halogenated alkanes) is 1. The number of carbonyl (C=O) groups is 3. The molecule has 2 atom stereocenters. The molecule has 0 saturated heterocycles. The van der Waals surface area contributed by atoms with E-state index in [9.17, 15) is 14.4 Å². The third-order valence-corrected chi connectivity index (χ3v) is 12.0. The number of hydrogen-bond acceptors (Lipinski definition) is 7. The van der Waals surface area contributed by atoms with Gasteiger partial charge in [0.25, 0.3) is 8.32 Å². The molecule has 0 fully saturated rings. The van der Waals surface area contributed by atoms with E-state index < -0.39 is 32.5 Å². The summed E-state index contributed by atoms with van der Waals surface area (Å²) >= 11 is 0. The van der Waals surface area contributed by atoms with Crippen molar-refractivity contribution in [3.8, 4) is 0 Å². The Balaban J connectivity index is 1.93. The van der Waals surface area contributed by atoms with Crippen LogP contribution < -0.4 is 10.4 Å². The zero-order valence-electron chi connectivity index (χ0n) is 25.2. The van der Waals surface area contributed by atoms with Gasteiger partial charge in [0, 0.05) is 19.4 Å². The van der Waals surface area contributed by atoms with Crippen LogP contribution in [0.4, 0.5) is 0 Å². The first-order valence-electron chi connectivity index (χ1n) is 14.4. The molecule has 3 aromatic rings. The van der Waals surface area contributed by atoms with Crippen LogP contribution in [-0.4, -0.2) is 45.5 Å². The smallest absolute Gasteiger partial charge is 0.352 e. The van der Waals surface area contributed by atoms with Crippen LogP contribution in [0.2, 0.25) is 5.04 Å². The summed E-state index contributed by atoms with van der Waals surface area (Å²) in [6, 6.07) is 29.3. The molecule has 42 heavy (non-hydrogen) atoms. The van der Waals surface area contributed by atoms with Crippen molar-refractivity contribution in [3.05, 3.63) is 96.6 Å². The predicted molar refractivity (Wildman–Crippen MR) is 165 cm³/mol. The van der Waals surface area contributed by atoms with Gasteiger partial charge in [-0.05, 0) is 34.7 Å². The summed E-state index contributed by atoms with van der Waals surface area (Å²) in [4.78, 5) is 36.6. The summed E-state index contributed by atoms with van der Waals surface area (Å²) in [6.07, 6.45) is -0.0942. The molecule has 0 heterocycles. The molecule has 7 nitrogen and oxygen atoms in total. The van der Waals surface area contributed by atoms with Crippen molar-refractivity contribution in [2.45, 2.75) is 71.1 Å². The fraction of sp³-hybridized carbons (Fsp3) is 0.382. The van der Waals surface area contributed by atoms with Crippen molar-refractivity contribution in [1.82, 2.24) is 0 Å². The van der Waals surface area contributed by atoms with Gasteiger partial charge in [-0.15, -0.1) is 0 Å². The van der Waals surface area contributed by atoms with Crippen molar-refractivity contribution in [2.24, 2.45) is 0 Å². The van der Waals surface area contributed by atoms with Gasteiger partial charge in [-0.25, -0.2) is 4.79 Å². The largest absolute Gasteiger partial charge is 0.466 e. The van der Waals surface area contributed by atoms with E-state index >= 15 is 0 Å². The Morgan fingerprint density at radius 1 is 0.714 bits per heavy atom. The van der Waals surface area contributed by atoms with Gasteiger partial charge in [0.2, 0.25) is 6.10 Å². The predicted octanol–water partition coefficient (Wildman–Crippen LogP) is 5.51. The Hall–Kier alpha value is -3.75. The van der Waals surface area contributed by atoms with E-state index in [1.165, 1.54) is 13.8 Å². The van der Waals surface area contributed by atoms with Crippen molar-refractivity contribution < 1.29 is 33.0 Å². The highest BCUT2D eigenvalue weighted by atomic mass is 28.4. The fourth-order valence-electron chi connectivity index (χ4n) is 5.12. The number of hydrogen-bond donors (Lipinski definition) is 0. The van der Waals surface area contributed by atoms with Gasteiger partial charge in [0.05, 0.1) is 13.2 Å². The summed E-state index contributed by atoms with van der Waals surface area (Å²) in [5.74, 6) is -1.57. The van der Waals surface area contributed by atoms with E-state index in [2.05, 4.69) is 45.0 Å². The Morgan fingerprint density at radius 2 is 1.24 bits per heavy atom. The first kappa shape index (κ1) is 32.8. The third kappa shape index (κ3) is 8.87. The van der Waals surface area contributed by atoms with Crippen molar-refractivity contribution in [2.75, 3.05) is 13.2 Å². The molecule has 0 N–H and O–H groups in total. The lowest BCUT2D eigenvalue weighted by molar-refractivity contribution is -0.172. The first-order valence-corrected chi connectivity index (χ1v) is 16.3.